The van der Waals surface area contributed by atoms with Gasteiger partial charge in [-0.05, 0) is 41.7 Å². The van der Waals surface area contributed by atoms with Crippen molar-refractivity contribution in [2.24, 2.45) is 5.41 Å². The number of hydrogen-bond acceptors (Lipinski definition) is 4. The average Bonchev–Trinajstić information content (AvgIpc) is 3.25. The molecule has 2 N–H and O–H groups in total. The molecule has 2 atom stereocenters. The molecule has 0 aliphatic carbocycles. The summed E-state index contributed by atoms with van der Waals surface area (Å²) >= 11 is 0. The van der Waals surface area contributed by atoms with Crippen LogP contribution >= 0.6 is 0 Å². The number of anilines is 1. The van der Waals surface area contributed by atoms with Gasteiger partial charge in [-0.2, -0.15) is 0 Å². The van der Waals surface area contributed by atoms with Crippen LogP contribution in [0, 0.1) is 5.41 Å². The molecule has 3 amide bonds. The highest BCUT2D eigenvalue weighted by molar-refractivity contribution is 5.94. The van der Waals surface area contributed by atoms with Crippen molar-refractivity contribution in [1.29, 1.82) is 0 Å². The van der Waals surface area contributed by atoms with Crippen LogP contribution in [0.3, 0.4) is 0 Å². The zero-order valence-electron chi connectivity index (χ0n) is 20.9. The van der Waals surface area contributed by atoms with Crippen molar-refractivity contribution in [3.63, 3.8) is 0 Å². The van der Waals surface area contributed by atoms with Crippen molar-refractivity contribution in [3.05, 3.63) is 60.2 Å². The summed E-state index contributed by atoms with van der Waals surface area (Å²) in [4.78, 5) is 30.1. The molecule has 2 unspecified atom stereocenters. The lowest BCUT2D eigenvalue weighted by Gasteiger charge is -2.35. The topological polar surface area (TPSA) is 73.9 Å². The van der Waals surface area contributed by atoms with Crippen molar-refractivity contribution in [3.8, 4) is 5.75 Å². The van der Waals surface area contributed by atoms with Crippen molar-refractivity contribution < 1.29 is 27.5 Å². The fourth-order valence-corrected chi connectivity index (χ4v) is 4.18. The van der Waals surface area contributed by atoms with Gasteiger partial charge in [0.2, 0.25) is 5.91 Å². The van der Waals surface area contributed by atoms with Gasteiger partial charge in [-0.3, -0.25) is 9.69 Å². The largest absolute Gasteiger partial charge is 0.573 e. The number of amides is 3. The Hall–Kier alpha value is -3.27. The van der Waals surface area contributed by atoms with Crippen LogP contribution in [0.25, 0.3) is 0 Å². The smallest absolute Gasteiger partial charge is 0.406 e. The highest BCUT2D eigenvalue weighted by atomic mass is 19.4. The number of ether oxygens (including phenoxy) is 1. The van der Waals surface area contributed by atoms with Gasteiger partial charge < -0.3 is 20.3 Å². The van der Waals surface area contributed by atoms with Crippen molar-refractivity contribution in [1.82, 2.24) is 15.1 Å². The number of urea groups is 1. The summed E-state index contributed by atoms with van der Waals surface area (Å²) in [5.41, 5.74) is 0.911. The van der Waals surface area contributed by atoms with Crippen molar-refractivity contribution in [2.75, 3.05) is 25.5 Å². The molecule has 0 spiro atoms. The molecule has 196 valence electrons. The van der Waals surface area contributed by atoms with Crippen LogP contribution in [-0.4, -0.2) is 60.3 Å². The zero-order valence-corrected chi connectivity index (χ0v) is 20.9. The summed E-state index contributed by atoms with van der Waals surface area (Å²) in [7, 11) is 1.76. The molecule has 1 heterocycles. The van der Waals surface area contributed by atoms with E-state index in [1.807, 2.05) is 39.0 Å². The van der Waals surface area contributed by atoms with Gasteiger partial charge in [0, 0.05) is 38.4 Å². The standard InChI is InChI=1S/C26H33F3N4O3/c1-25(2,3)22(31-24(35)30-19-10-12-21(13-11-19)36-26(27,28)29)23(34)32(4)20-14-15-33(17-20)16-18-8-6-5-7-9-18/h5-13,20,22H,14-17H2,1-4H3,(H2,30,31,35). The predicted molar refractivity (Wildman–Crippen MR) is 131 cm³/mol. The molecule has 3 rings (SSSR count). The minimum atomic E-state index is -4.80. The molecule has 2 aromatic carbocycles. The van der Waals surface area contributed by atoms with Gasteiger partial charge in [-0.25, -0.2) is 4.79 Å². The van der Waals surface area contributed by atoms with Crippen molar-refractivity contribution >= 4 is 17.6 Å². The van der Waals surface area contributed by atoms with E-state index < -0.39 is 29.6 Å². The van der Waals surface area contributed by atoms with E-state index >= 15 is 0 Å². The Morgan fingerprint density at radius 1 is 1.08 bits per heavy atom. The Labute approximate surface area is 209 Å². The number of benzene rings is 2. The average molecular weight is 507 g/mol. The molecule has 1 aliphatic heterocycles. The Balaban J connectivity index is 1.59. The second-order valence-electron chi connectivity index (χ2n) is 10.1. The minimum Gasteiger partial charge on any atom is -0.406 e. The minimum absolute atomic E-state index is 0.0251. The second kappa shape index (κ2) is 11.2. The summed E-state index contributed by atoms with van der Waals surface area (Å²) in [6.07, 6.45) is -3.96. The first kappa shape index (κ1) is 27.3. The maximum absolute atomic E-state index is 13.4. The Morgan fingerprint density at radius 2 is 1.72 bits per heavy atom. The van der Waals surface area contributed by atoms with Crippen LogP contribution in [0.1, 0.15) is 32.8 Å². The van der Waals surface area contributed by atoms with E-state index in [0.717, 1.165) is 38.2 Å². The molecule has 0 saturated carbocycles. The Kier molecular flexibility index (Phi) is 8.50. The fourth-order valence-electron chi connectivity index (χ4n) is 4.18. The van der Waals surface area contributed by atoms with E-state index in [1.54, 1.807) is 11.9 Å². The van der Waals surface area contributed by atoms with Crippen LogP contribution in [0.2, 0.25) is 0 Å². The Bertz CT molecular complexity index is 1020. The number of nitrogens with zero attached hydrogens (tertiary/aromatic N) is 2. The van der Waals surface area contributed by atoms with Gasteiger partial charge in [0.1, 0.15) is 11.8 Å². The fraction of sp³-hybridized carbons (Fsp3) is 0.462. The summed E-state index contributed by atoms with van der Waals surface area (Å²) in [5.74, 6) is -0.589. The van der Waals surface area contributed by atoms with Gasteiger partial charge in [-0.15, -0.1) is 13.2 Å². The van der Waals surface area contributed by atoms with Crippen LogP contribution in [0.5, 0.6) is 5.75 Å². The van der Waals surface area contributed by atoms with E-state index in [-0.39, 0.29) is 17.6 Å². The number of carbonyl (C=O) groups is 2. The number of halogens is 3. The highest BCUT2D eigenvalue weighted by Crippen LogP contribution is 2.26. The molecule has 1 fully saturated rings. The normalized spacial score (nSPS) is 17.4. The van der Waals surface area contributed by atoms with Crippen LogP contribution in [-0.2, 0) is 11.3 Å². The van der Waals surface area contributed by atoms with Gasteiger partial charge in [-0.1, -0.05) is 51.1 Å². The molecule has 0 bridgehead atoms. The maximum Gasteiger partial charge on any atom is 0.573 e. The van der Waals surface area contributed by atoms with Crippen LogP contribution in [0.4, 0.5) is 23.7 Å². The van der Waals surface area contributed by atoms with Gasteiger partial charge in [0.15, 0.2) is 0 Å². The lowest BCUT2D eigenvalue weighted by molar-refractivity contribution is -0.274. The van der Waals surface area contributed by atoms with E-state index in [9.17, 15) is 22.8 Å². The first-order valence-electron chi connectivity index (χ1n) is 11.8. The number of nitrogens with one attached hydrogen (secondary N) is 2. The quantitative estimate of drug-likeness (QED) is 0.563. The molecule has 1 aliphatic rings. The Morgan fingerprint density at radius 3 is 2.31 bits per heavy atom. The molecule has 7 nitrogen and oxygen atoms in total. The number of hydrogen-bond donors (Lipinski definition) is 2. The van der Waals surface area contributed by atoms with E-state index in [1.165, 1.54) is 17.7 Å². The van der Waals surface area contributed by atoms with Gasteiger partial charge in [0.25, 0.3) is 0 Å². The molecule has 0 radical (unpaired) electrons. The van der Waals surface area contributed by atoms with Gasteiger partial charge >= 0.3 is 12.4 Å². The van der Waals surface area contributed by atoms with E-state index in [2.05, 4.69) is 32.4 Å². The monoisotopic (exact) mass is 506 g/mol. The summed E-state index contributed by atoms with van der Waals surface area (Å²) in [6, 6.07) is 13.5. The SMILES string of the molecule is CN(C(=O)C(NC(=O)Nc1ccc(OC(F)(F)F)cc1)C(C)(C)C)C1CCN(Cc2ccccc2)C1. The highest BCUT2D eigenvalue weighted by Gasteiger charge is 2.38. The third kappa shape index (κ3) is 7.87. The molecule has 36 heavy (non-hydrogen) atoms. The predicted octanol–water partition coefficient (Wildman–Crippen LogP) is 4.85. The third-order valence-corrected chi connectivity index (χ3v) is 6.13. The van der Waals surface area contributed by atoms with Crippen LogP contribution < -0.4 is 15.4 Å². The number of likely N-dealkylation sites (N-methyl/N-ethyl adjacent to an activating group) is 1. The number of rotatable bonds is 7. The van der Waals surface area contributed by atoms with Crippen molar-refractivity contribution in [2.45, 2.75) is 52.2 Å². The van der Waals surface area contributed by atoms with Gasteiger partial charge in [0.05, 0.1) is 0 Å². The third-order valence-electron chi connectivity index (χ3n) is 6.13. The number of alkyl halides is 3. The maximum atomic E-state index is 13.4. The molecule has 10 heteroatoms. The summed E-state index contributed by atoms with van der Waals surface area (Å²) in [5, 5.41) is 5.31. The lowest BCUT2D eigenvalue weighted by atomic mass is 9.85. The summed E-state index contributed by atoms with van der Waals surface area (Å²) < 4.78 is 40.9. The van der Waals surface area contributed by atoms with Crippen LogP contribution in [0.15, 0.2) is 54.6 Å². The van der Waals surface area contributed by atoms with E-state index in [0.29, 0.717) is 0 Å². The molecule has 0 aromatic heterocycles. The number of likely N-dealkylation sites (tertiary alicyclic amines) is 1. The number of carbonyl (C=O) groups excluding carboxylic acids is 2. The van der Waals surface area contributed by atoms with E-state index in [4.69, 9.17) is 0 Å². The first-order chi connectivity index (χ1) is 16.8. The molecular formula is C26H33F3N4O3. The molecule has 1 saturated heterocycles. The zero-order chi connectivity index (χ0) is 26.5. The molecular weight excluding hydrogens is 473 g/mol. The lowest BCUT2D eigenvalue weighted by Crippen LogP contribution is -2.56. The molecule has 2 aromatic rings. The second-order valence-corrected chi connectivity index (χ2v) is 10.1. The summed E-state index contributed by atoms with van der Waals surface area (Å²) in [6.45, 7) is 8.03. The first-order valence-corrected chi connectivity index (χ1v) is 11.8.